The molecule has 23 heavy (non-hydrogen) atoms. The summed E-state index contributed by atoms with van der Waals surface area (Å²) in [4.78, 5) is 12.2. The van der Waals surface area contributed by atoms with E-state index in [1.54, 1.807) is 18.2 Å². The van der Waals surface area contributed by atoms with E-state index >= 15 is 0 Å². The van der Waals surface area contributed by atoms with Crippen molar-refractivity contribution in [3.05, 3.63) is 52.8 Å². The number of ether oxygens (including phenoxy) is 2. The molecule has 0 spiro atoms. The minimum Gasteiger partial charge on any atom is -0.493 e. The van der Waals surface area contributed by atoms with Crippen LogP contribution in [0.4, 0.5) is 10.1 Å². The van der Waals surface area contributed by atoms with Crippen LogP contribution in [0.15, 0.2) is 36.4 Å². The van der Waals surface area contributed by atoms with Crippen LogP contribution in [-0.2, 0) is 0 Å². The summed E-state index contributed by atoms with van der Waals surface area (Å²) in [5, 5.41) is 2.76. The molecule has 2 rings (SSSR count). The summed E-state index contributed by atoms with van der Waals surface area (Å²) < 4.78 is 24.5. The van der Waals surface area contributed by atoms with Crippen LogP contribution in [0.5, 0.6) is 11.5 Å². The number of hydrogen-bond acceptors (Lipinski definition) is 3. The summed E-state index contributed by atoms with van der Waals surface area (Å²) in [7, 11) is 1.49. The second kappa shape index (κ2) is 7.83. The van der Waals surface area contributed by atoms with Crippen LogP contribution in [0.25, 0.3) is 0 Å². The summed E-state index contributed by atoms with van der Waals surface area (Å²) in [5.74, 6) is -0.0430. The molecule has 6 heteroatoms. The van der Waals surface area contributed by atoms with E-state index in [2.05, 4.69) is 5.32 Å². The number of anilines is 1. The summed E-state index contributed by atoms with van der Waals surface area (Å²) >= 11 is 5.69. The zero-order chi connectivity index (χ0) is 16.8. The molecule has 1 amide bonds. The highest BCUT2D eigenvalue weighted by atomic mass is 35.5. The highest BCUT2D eigenvalue weighted by Crippen LogP contribution is 2.29. The normalized spacial score (nSPS) is 10.3. The molecule has 0 heterocycles. The predicted molar refractivity (Wildman–Crippen MR) is 88.1 cm³/mol. The molecule has 0 atom stereocenters. The maximum atomic E-state index is 13.7. The monoisotopic (exact) mass is 337 g/mol. The van der Waals surface area contributed by atoms with Crippen molar-refractivity contribution in [2.45, 2.75) is 13.3 Å². The number of carbonyl (C=O) groups is 1. The summed E-state index contributed by atoms with van der Waals surface area (Å²) in [6.07, 6.45) is 0.862. The average molecular weight is 338 g/mol. The van der Waals surface area contributed by atoms with Crippen molar-refractivity contribution in [2.24, 2.45) is 0 Å². The van der Waals surface area contributed by atoms with Gasteiger partial charge in [-0.05, 0) is 42.8 Å². The van der Waals surface area contributed by atoms with Gasteiger partial charge in [0.05, 0.1) is 19.4 Å². The number of amides is 1. The molecule has 0 unspecified atom stereocenters. The van der Waals surface area contributed by atoms with Crippen LogP contribution < -0.4 is 14.8 Å². The topological polar surface area (TPSA) is 47.6 Å². The van der Waals surface area contributed by atoms with Crippen LogP contribution >= 0.6 is 11.6 Å². The van der Waals surface area contributed by atoms with Crippen LogP contribution in [0.1, 0.15) is 23.7 Å². The van der Waals surface area contributed by atoms with Gasteiger partial charge in [-0.3, -0.25) is 4.79 Å². The smallest absolute Gasteiger partial charge is 0.255 e. The molecule has 0 saturated carbocycles. The molecule has 2 aromatic rings. The summed E-state index contributed by atoms with van der Waals surface area (Å²) in [6, 6.07) is 8.85. The zero-order valence-corrected chi connectivity index (χ0v) is 13.6. The van der Waals surface area contributed by atoms with Gasteiger partial charge in [0.1, 0.15) is 5.82 Å². The quantitative estimate of drug-likeness (QED) is 0.842. The first-order valence-corrected chi connectivity index (χ1v) is 7.50. The Balaban J connectivity index is 2.18. The summed E-state index contributed by atoms with van der Waals surface area (Å²) in [5.41, 5.74) is 0.393. The van der Waals surface area contributed by atoms with Crippen molar-refractivity contribution in [3.8, 4) is 11.5 Å². The number of halogens is 2. The molecule has 0 aliphatic rings. The lowest BCUT2D eigenvalue weighted by atomic mass is 10.1. The molecule has 122 valence electrons. The molecule has 0 aromatic heterocycles. The number of rotatable bonds is 6. The first kappa shape index (κ1) is 17.1. The van der Waals surface area contributed by atoms with Crippen molar-refractivity contribution >= 4 is 23.2 Å². The fraction of sp³-hybridized carbons (Fsp3) is 0.235. The van der Waals surface area contributed by atoms with Gasteiger partial charge in [-0.2, -0.15) is 0 Å². The van der Waals surface area contributed by atoms with Crippen LogP contribution in [0.3, 0.4) is 0 Å². The molecule has 4 nitrogen and oxygen atoms in total. The van der Waals surface area contributed by atoms with Gasteiger partial charge >= 0.3 is 0 Å². The second-order valence-electron chi connectivity index (χ2n) is 4.79. The van der Waals surface area contributed by atoms with E-state index < -0.39 is 11.7 Å². The number of carbonyl (C=O) groups excluding carboxylic acids is 1. The van der Waals surface area contributed by atoms with Gasteiger partial charge in [0.25, 0.3) is 5.91 Å². The number of hydrogen-bond donors (Lipinski definition) is 1. The van der Waals surface area contributed by atoms with Gasteiger partial charge in [0.15, 0.2) is 11.5 Å². The average Bonchev–Trinajstić information content (AvgIpc) is 2.55. The lowest BCUT2D eigenvalue weighted by molar-refractivity contribution is 0.102. The fourth-order valence-electron chi connectivity index (χ4n) is 1.93. The highest BCUT2D eigenvalue weighted by molar-refractivity contribution is 6.30. The third kappa shape index (κ3) is 4.36. The van der Waals surface area contributed by atoms with Gasteiger partial charge in [-0.1, -0.05) is 18.5 Å². The summed E-state index contributed by atoms with van der Waals surface area (Å²) in [6.45, 7) is 2.55. The van der Waals surface area contributed by atoms with Crippen molar-refractivity contribution in [3.63, 3.8) is 0 Å². The minimum atomic E-state index is -0.597. The molecule has 0 radical (unpaired) electrons. The fourth-order valence-corrected chi connectivity index (χ4v) is 2.08. The molecule has 2 aromatic carbocycles. The van der Waals surface area contributed by atoms with Crippen molar-refractivity contribution in [1.82, 2.24) is 0 Å². The van der Waals surface area contributed by atoms with Crippen LogP contribution in [0.2, 0.25) is 5.02 Å². The lowest BCUT2D eigenvalue weighted by Crippen LogP contribution is -2.13. The molecule has 0 fully saturated rings. The van der Waals surface area contributed by atoms with Gasteiger partial charge in [0, 0.05) is 10.6 Å². The van der Waals surface area contributed by atoms with E-state index in [4.69, 9.17) is 21.1 Å². The number of methoxy groups -OCH3 is 1. The van der Waals surface area contributed by atoms with Crippen molar-refractivity contribution in [1.29, 1.82) is 0 Å². The third-order valence-electron chi connectivity index (χ3n) is 3.07. The molecular formula is C17H17ClFNO3. The predicted octanol–water partition coefficient (Wildman–Crippen LogP) is 4.53. The van der Waals surface area contributed by atoms with Crippen molar-refractivity contribution < 1.29 is 18.7 Å². The van der Waals surface area contributed by atoms with E-state index in [1.165, 1.54) is 19.2 Å². The first-order valence-electron chi connectivity index (χ1n) is 7.12. The van der Waals surface area contributed by atoms with E-state index in [0.717, 1.165) is 12.5 Å². The Kier molecular flexibility index (Phi) is 5.82. The Labute approximate surface area is 139 Å². The van der Waals surface area contributed by atoms with E-state index in [0.29, 0.717) is 23.7 Å². The Bertz CT molecular complexity index is 706. The molecule has 0 aliphatic heterocycles. The molecule has 0 aliphatic carbocycles. The Hall–Kier alpha value is -2.27. The third-order valence-corrected chi connectivity index (χ3v) is 3.30. The molecule has 1 N–H and O–H groups in total. The molecular weight excluding hydrogens is 321 g/mol. The van der Waals surface area contributed by atoms with E-state index in [1.807, 2.05) is 6.92 Å². The molecule has 0 bridgehead atoms. The lowest BCUT2D eigenvalue weighted by Gasteiger charge is -2.12. The van der Waals surface area contributed by atoms with Gasteiger partial charge in [0.2, 0.25) is 0 Å². The Morgan fingerprint density at radius 1 is 1.22 bits per heavy atom. The minimum absolute atomic E-state index is 0.0599. The van der Waals surface area contributed by atoms with Gasteiger partial charge in [-0.25, -0.2) is 4.39 Å². The standard InChI is InChI=1S/C17H17ClFNO3/c1-3-8-23-15-7-4-11(9-16(15)22-2)17(21)20-14-6-5-12(18)10-13(14)19/h4-7,9-10H,3,8H2,1-2H3,(H,20,21). The van der Waals surface area contributed by atoms with Gasteiger partial charge < -0.3 is 14.8 Å². The van der Waals surface area contributed by atoms with E-state index in [-0.39, 0.29) is 10.7 Å². The SMILES string of the molecule is CCCOc1ccc(C(=O)Nc2ccc(Cl)cc2F)cc1OC. The Morgan fingerprint density at radius 3 is 2.65 bits per heavy atom. The van der Waals surface area contributed by atoms with Crippen LogP contribution in [-0.4, -0.2) is 19.6 Å². The second-order valence-corrected chi connectivity index (χ2v) is 5.23. The van der Waals surface area contributed by atoms with Crippen molar-refractivity contribution in [2.75, 3.05) is 19.0 Å². The number of benzene rings is 2. The van der Waals surface area contributed by atoms with E-state index in [9.17, 15) is 9.18 Å². The zero-order valence-electron chi connectivity index (χ0n) is 12.9. The Morgan fingerprint density at radius 2 is 2.00 bits per heavy atom. The highest BCUT2D eigenvalue weighted by Gasteiger charge is 2.13. The van der Waals surface area contributed by atoms with Crippen LogP contribution in [0, 0.1) is 5.82 Å². The molecule has 0 saturated heterocycles. The maximum Gasteiger partial charge on any atom is 0.255 e. The number of nitrogens with one attached hydrogen (secondary N) is 1. The first-order chi connectivity index (χ1) is 11.0. The maximum absolute atomic E-state index is 13.7. The largest absolute Gasteiger partial charge is 0.493 e. The van der Waals surface area contributed by atoms with Gasteiger partial charge in [-0.15, -0.1) is 0 Å².